The molecular weight excluding hydrogens is 320 g/mol. The molecule has 0 spiro atoms. The third-order valence-electron chi connectivity index (χ3n) is 4.54. The molecule has 1 fully saturated rings. The molecule has 0 aromatic heterocycles. The first-order valence-corrected chi connectivity index (χ1v) is 10.0. The van der Waals surface area contributed by atoms with Crippen LogP contribution in [0.15, 0.2) is 0 Å². The van der Waals surface area contributed by atoms with Gasteiger partial charge in [0, 0.05) is 45.7 Å². The Balaban J connectivity index is 0.000000462. The minimum Gasteiger partial charge on any atom is -0.481 e. The molecule has 0 bridgehead atoms. The summed E-state index contributed by atoms with van der Waals surface area (Å²) in [6, 6.07) is 0. The van der Waals surface area contributed by atoms with Crippen molar-refractivity contribution in [2.24, 2.45) is 0 Å². The van der Waals surface area contributed by atoms with Gasteiger partial charge in [-0.15, -0.1) is 0 Å². The summed E-state index contributed by atoms with van der Waals surface area (Å²) in [4.78, 5) is 14.7. The van der Waals surface area contributed by atoms with Gasteiger partial charge in [-0.05, 0) is 6.42 Å². The van der Waals surface area contributed by atoms with Crippen molar-refractivity contribution in [1.82, 2.24) is 9.80 Å². The second kappa shape index (κ2) is 18.1. The van der Waals surface area contributed by atoms with Gasteiger partial charge in [0.15, 0.2) is 0 Å². The van der Waals surface area contributed by atoms with E-state index in [0.29, 0.717) is 6.42 Å². The first kappa shape index (κ1) is 24.3. The molecule has 0 radical (unpaired) electrons. The Morgan fingerprint density at radius 3 is 1.52 bits per heavy atom. The molecule has 0 saturated carbocycles. The average molecular weight is 361 g/mol. The highest BCUT2D eigenvalue weighted by atomic mass is 16.4. The summed E-state index contributed by atoms with van der Waals surface area (Å²) in [5.74, 6) is -0.661. The first-order valence-electron chi connectivity index (χ1n) is 10.0. The normalized spacial score (nSPS) is 15.6. The van der Waals surface area contributed by atoms with Crippen molar-refractivity contribution >= 4 is 5.97 Å². The highest BCUT2D eigenvalue weighted by Crippen LogP contribution is 2.09. The quantitative estimate of drug-likeness (QED) is 0.437. The van der Waals surface area contributed by atoms with Crippen LogP contribution in [0.5, 0.6) is 0 Å². The summed E-state index contributed by atoms with van der Waals surface area (Å²) < 4.78 is 0. The van der Waals surface area contributed by atoms with Crippen LogP contribution in [0.4, 0.5) is 0 Å². The van der Waals surface area contributed by atoms with Gasteiger partial charge in [0.1, 0.15) is 0 Å². The van der Waals surface area contributed by atoms with Crippen molar-refractivity contribution in [3.05, 3.63) is 0 Å². The van der Waals surface area contributed by atoms with Crippen molar-refractivity contribution in [3.63, 3.8) is 0 Å². The minimum atomic E-state index is -0.661. The van der Waals surface area contributed by atoms with Gasteiger partial charge in [0.05, 0.1) is 13.2 Å². The number of hydrogen-bond donors (Lipinski definition) is 3. The number of aliphatic carboxylic acids is 1. The van der Waals surface area contributed by atoms with Crippen LogP contribution < -0.4 is 0 Å². The smallest absolute Gasteiger partial charge is 0.303 e. The van der Waals surface area contributed by atoms with Gasteiger partial charge >= 0.3 is 5.97 Å². The average Bonchev–Trinajstić information content (AvgIpc) is 2.60. The van der Waals surface area contributed by atoms with Crippen molar-refractivity contribution in [3.8, 4) is 0 Å². The largest absolute Gasteiger partial charge is 0.481 e. The number of unbranched alkanes of at least 4 members (excludes halogenated alkanes) is 7. The van der Waals surface area contributed by atoms with Crippen molar-refractivity contribution in [2.45, 2.75) is 64.7 Å². The summed E-state index contributed by atoms with van der Waals surface area (Å²) in [5, 5.41) is 25.8. The molecule has 1 rings (SSSR count). The third-order valence-corrected chi connectivity index (χ3v) is 4.54. The lowest BCUT2D eigenvalue weighted by Gasteiger charge is -2.33. The van der Waals surface area contributed by atoms with E-state index < -0.39 is 5.97 Å². The summed E-state index contributed by atoms with van der Waals surface area (Å²) >= 11 is 0. The Labute approximate surface area is 153 Å². The Hall–Kier alpha value is -0.690. The number of nitrogens with zero attached hydrogens (tertiary/aromatic N) is 2. The summed E-state index contributed by atoms with van der Waals surface area (Å²) in [6.07, 6.45) is 10.1. The Bertz CT molecular complexity index is 281. The Morgan fingerprint density at radius 1 is 0.760 bits per heavy atom. The second-order valence-corrected chi connectivity index (χ2v) is 6.75. The van der Waals surface area contributed by atoms with Crippen LogP contribution in [0.3, 0.4) is 0 Å². The second-order valence-electron chi connectivity index (χ2n) is 6.75. The maximum absolute atomic E-state index is 10.2. The highest BCUT2D eigenvalue weighted by molar-refractivity contribution is 5.66. The number of rotatable bonds is 13. The fraction of sp³-hybridized carbons (Fsp3) is 0.947. The van der Waals surface area contributed by atoms with E-state index in [1.54, 1.807) is 0 Å². The van der Waals surface area contributed by atoms with E-state index in [2.05, 4.69) is 16.7 Å². The zero-order chi connectivity index (χ0) is 18.8. The van der Waals surface area contributed by atoms with Gasteiger partial charge in [0.25, 0.3) is 0 Å². The molecule has 0 aliphatic carbocycles. The van der Waals surface area contributed by atoms with E-state index >= 15 is 0 Å². The van der Waals surface area contributed by atoms with Crippen LogP contribution >= 0.6 is 0 Å². The van der Waals surface area contributed by atoms with Crippen LogP contribution in [0, 0.1) is 0 Å². The lowest BCUT2D eigenvalue weighted by atomic mass is 10.1. The van der Waals surface area contributed by atoms with Crippen molar-refractivity contribution in [2.75, 3.05) is 52.5 Å². The molecule has 6 nitrogen and oxygen atoms in total. The number of piperazine rings is 1. The molecule has 3 N–H and O–H groups in total. The molecule has 0 amide bonds. The molecule has 0 atom stereocenters. The maximum atomic E-state index is 10.2. The highest BCUT2D eigenvalue weighted by Gasteiger charge is 2.14. The number of aliphatic hydroxyl groups is 2. The predicted octanol–water partition coefficient (Wildman–Crippen LogP) is 2.19. The minimum absolute atomic E-state index is 0.250. The van der Waals surface area contributed by atoms with Gasteiger partial charge in [-0.25, -0.2) is 0 Å². The molecule has 25 heavy (non-hydrogen) atoms. The Kier molecular flexibility index (Phi) is 17.6. The molecule has 0 aromatic carbocycles. The van der Waals surface area contributed by atoms with Crippen molar-refractivity contribution in [1.29, 1.82) is 0 Å². The van der Waals surface area contributed by atoms with E-state index in [0.717, 1.165) is 52.1 Å². The van der Waals surface area contributed by atoms with Gasteiger partial charge < -0.3 is 15.3 Å². The van der Waals surface area contributed by atoms with Crippen molar-refractivity contribution < 1.29 is 20.1 Å². The number of carbonyl (C=O) groups is 1. The van der Waals surface area contributed by atoms with Crippen LogP contribution in [0.25, 0.3) is 0 Å². The van der Waals surface area contributed by atoms with Gasteiger partial charge in [0.2, 0.25) is 0 Å². The molecule has 1 aliphatic rings. The van der Waals surface area contributed by atoms with E-state index in [-0.39, 0.29) is 13.2 Å². The fourth-order valence-electron chi connectivity index (χ4n) is 2.93. The van der Waals surface area contributed by atoms with E-state index in [1.807, 2.05) is 0 Å². The fourth-order valence-corrected chi connectivity index (χ4v) is 2.93. The monoisotopic (exact) mass is 360 g/mol. The van der Waals surface area contributed by atoms with E-state index in [4.69, 9.17) is 15.3 Å². The molecule has 1 aliphatic heterocycles. The van der Waals surface area contributed by atoms with Crippen LogP contribution in [0.1, 0.15) is 64.7 Å². The maximum Gasteiger partial charge on any atom is 0.303 e. The molecular formula is C19H40N2O4. The number of carboxylic acid groups (broad SMARTS) is 1. The zero-order valence-electron chi connectivity index (χ0n) is 16.2. The van der Waals surface area contributed by atoms with Gasteiger partial charge in [-0.1, -0.05) is 51.9 Å². The molecule has 0 aromatic rings. The molecule has 150 valence electrons. The lowest BCUT2D eigenvalue weighted by Crippen LogP contribution is -2.47. The predicted molar refractivity (Wildman–Crippen MR) is 102 cm³/mol. The Morgan fingerprint density at radius 2 is 1.16 bits per heavy atom. The lowest BCUT2D eigenvalue weighted by molar-refractivity contribution is -0.137. The molecule has 1 saturated heterocycles. The SMILES string of the molecule is CCCCCCCCCCC(=O)O.OCCN1CCN(CCO)CC1. The molecule has 6 heteroatoms. The molecule has 1 heterocycles. The van der Waals surface area contributed by atoms with Crippen LogP contribution in [0.2, 0.25) is 0 Å². The third kappa shape index (κ3) is 16.5. The topological polar surface area (TPSA) is 84.2 Å². The zero-order valence-corrected chi connectivity index (χ0v) is 16.2. The molecule has 0 unspecified atom stereocenters. The number of carboxylic acids is 1. The van der Waals surface area contributed by atoms with E-state index in [1.165, 1.54) is 38.5 Å². The first-order chi connectivity index (χ1) is 12.1. The number of aliphatic hydroxyl groups excluding tert-OH is 2. The summed E-state index contributed by atoms with van der Waals surface area (Å²) in [6.45, 7) is 8.34. The number of hydrogen-bond acceptors (Lipinski definition) is 5. The van der Waals surface area contributed by atoms with Crippen LogP contribution in [-0.2, 0) is 4.79 Å². The summed E-state index contributed by atoms with van der Waals surface area (Å²) in [5.41, 5.74) is 0. The van der Waals surface area contributed by atoms with Gasteiger partial charge in [-0.3, -0.25) is 14.6 Å². The van der Waals surface area contributed by atoms with Gasteiger partial charge in [-0.2, -0.15) is 0 Å². The number of β-amino-alcohol motifs (C(OH)–C–C–N with tert-alkyl or cyclic N) is 2. The standard InChI is InChI=1S/C11H22O2.C8H18N2O2/c1-2-3-4-5-6-7-8-9-10-11(12)13;11-7-5-9-1-2-10(4-3-9)6-8-12/h2-10H2,1H3,(H,12,13);11-12H,1-8H2. The summed E-state index contributed by atoms with van der Waals surface area (Å²) in [7, 11) is 0. The van der Waals surface area contributed by atoms with E-state index in [9.17, 15) is 4.79 Å². The van der Waals surface area contributed by atoms with Crippen LogP contribution in [-0.4, -0.2) is 83.6 Å².